The molecule has 1 fully saturated rings. The molecule has 0 spiro atoms. The highest BCUT2D eigenvalue weighted by atomic mass is 16.5. The van der Waals surface area contributed by atoms with E-state index in [1.165, 1.54) is 0 Å². The van der Waals surface area contributed by atoms with Gasteiger partial charge in [0, 0.05) is 31.7 Å². The first kappa shape index (κ1) is 18.3. The Morgan fingerprint density at radius 2 is 2.17 bits per heavy atom. The largest absolute Gasteiger partial charge is 0.494 e. The summed E-state index contributed by atoms with van der Waals surface area (Å²) >= 11 is 0. The van der Waals surface area contributed by atoms with Crippen molar-refractivity contribution in [2.24, 2.45) is 0 Å². The van der Waals surface area contributed by atoms with Gasteiger partial charge in [0.2, 0.25) is 11.8 Å². The van der Waals surface area contributed by atoms with Crippen LogP contribution < -0.4 is 15.4 Å². The second-order valence-electron chi connectivity index (χ2n) is 5.87. The molecule has 1 atom stereocenters. The van der Waals surface area contributed by atoms with Crippen LogP contribution >= 0.6 is 0 Å². The van der Waals surface area contributed by atoms with E-state index in [-0.39, 0.29) is 18.2 Å². The predicted molar refractivity (Wildman–Crippen MR) is 92.7 cm³/mol. The summed E-state index contributed by atoms with van der Waals surface area (Å²) in [5, 5.41) is 5.70. The maximum Gasteiger partial charge on any atom is 0.237 e. The van der Waals surface area contributed by atoms with Gasteiger partial charge in [-0.15, -0.1) is 0 Å². The zero-order valence-corrected chi connectivity index (χ0v) is 14.5. The molecule has 1 aromatic carbocycles. The Morgan fingerprint density at radius 1 is 1.38 bits per heavy atom. The minimum absolute atomic E-state index is 0.0815. The molecular formula is C18H27N3O3. The van der Waals surface area contributed by atoms with Gasteiger partial charge in [-0.25, -0.2) is 0 Å². The average molecular weight is 333 g/mol. The fourth-order valence-corrected chi connectivity index (χ4v) is 2.83. The third-order valence-electron chi connectivity index (χ3n) is 4.04. The number of benzene rings is 1. The highest BCUT2D eigenvalue weighted by Gasteiger charge is 2.31. The standard InChI is InChI=1S/C18H27N3O3/c1-3-9-19-17(22)12-15-18(23)20-10-11-21(15)13-14-7-5-6-8-16(14)24-4-2/h5-8,15H,3-4,9-13H2,1-2H3,(H,19,22)(H,20,23). The van der Waals surface area contributed by atoms with Gasteiger partial charge in [0.05, 0.1) is 19.1 Å². The van der Waals surface area contributed by atoms with Gasteiger partial charge >= 0.3 is 0 Å². The Kier molecular flexibility index (Phi) is 7.06. The molecule has 6 nitrogen and oxygen atoms in total. The van der Waals surface area contributed by atoms with Crippen molar-refractivity contribution in [3.8, 4) is 5.75 Å². The first-order valence-corrected chi connectivity index (χ1v) is 8.64. The number of nitrogens with one attached hydrogen (secondary N) is 2. The van der Waals surface area contributed by atoms with Crippen LogP contribution in [0.5, 0.6) is 5.75 Å². The quantitative estimate of drug-likeness (QED) is 0.752. The van der Waals surface area contributed by atoms with Crippen molar-refractivity contribution < 1.29 is 14.3 Å². The van der Waals surface area contributed by atoms with Crippen LogP contribution in [0.2, 0.25) is 0 Å². The number of para-hydroxylation sites is 1. The summed E-state index contributed by atoms with van der Waals surface area (Å²) < 4.78 is 5.67. The lowest BCUT2D eigenvalue weighted by molar-refractivity contribution is -0.134. The molecule has 132 valence electrons. The number of carbonyl (C=O) groups excluding carboxylic acids is 2. The molecule has 2 amide bonds. The number of amides is 2. The molecule has 24 heavy (non-hydrogen) atoms. The van der Waals surface area contributed by atoms with Gasteiger partial charge in [-0.1, -0.05) is 25.1 Å². The maximum atomic E-state index is 12.3. The molecule has 2 N–H and O–H groups in total. The Morgan fingerprint density at radius 3 is 2.92 bits per heavy atom. The van der Waals surface area contributed by atoms with E-state index in [2.05, 4.69) is 15.5 Å². The second kappa shape index (κ2) is 9.27. The minimum Gasteiger partial charge on any atom is -0.494 e. The van der Waals surface area contributed by atoms with Crippen LogP contribution in [0, 0.1) is 0 Å². The number of piperazine rings is 1. The lowest BCUT2D eigenvalue weighted by Gasteiger charge is -2.35. The first-order valence-electron chi connectivity index (χ1n) is 8.64. The average Bonchev–Trinajstić information content (AvgIpc) is 2.58. The Balaban J connectivity index is 2.08. The summed E-state index contributed by atoms with van der Waals surface area (Å²) in [6, 6.07) is 7.40. The van der Waals surface area contributed by atoms with Crippen LogP contribution in [0.15, 0.2) is 24.3 Å². The number of rotatable bonds is 8. The number of ether oxygens (including phenoxy) is 1. The van der Waals surface area contributed by atoms with Gasteiger partial charge < -0.3 is 15.4 Å². The Hall–Kier alpha value is -2.08. The number of hydrogen-bond acceptors (Lipinski definition) is 4. The van der Waals surface area contributed by atoms with E-state index in [0.29, 0.717) is 26.2 Å². The van der Waals surface area contributed by atoms with Crippen molar-refractivity contribution in [1.29, 1.82) is 0 Å². The first-order chi connectivity index (χ1) is 11.7. The molecule has 1 aromatic rings. The molecule has 0 aromatic heterocycles. The van der Waals surface area contributed by atoms with Crippen LogP contribution in [0.25, 0.3) is 0 Å². The second-order valence-corrected chi connectivity index (χ2v) is 5.87. The van der Waals surface area contributed by atoms with Gasteiger partial charge in [-0.2, -0.15) is 0 Å². The summed E-state index contributed by atoms with van der Waals surface area (Å²) in [5.74, 6) is 0.670. The van der Waals surface area contributed by atoms with Crippen LogP contribution in [-0.4, -0.2) is 49.0 Å². The smallest absolute Gasteiger partial charge is 0.237 e. The number of hydrogen-bond donors (Lipinski definition) is 2. The van der Waals surface area contributed by atoms with Crippen molar-refractivity contribution in [2.75, 3.05) is 26.2 Å². The molecule has 1 aliphatic rings. The SMILES string of the molecule is CCCNC(=O)CC1C(=O)NCCN1Cc1ccccc1OCC. The van der Waals surface area contributed by atoms with Gasteiger partial charge in [0.1, 0.15) is 5.75 Å². The van der Waals surface area contributed by atoms with E-state index in [1.807, 2.05) is 38.1 Å². The van der Waals surface area contributed by atoms with Gasteiger partial charge in [-0.3, -0.25) is 14.5 Å². The third-order valence-corrected chi connectivity index (χ3v) is 4.04. The van der Waals surface area contributed by atoms with Gasteiger partial charge in [0.25, 0.3) is 0 Å². The normalized spacial score (nSPS) is 18.1. The maximum absolute atomic E-state index is 12.3. The predicted octanol–water partition coefficient (Wildman–Crippen LogP) is 1.30. The fraction of sp³-hybridized carbons (Fsp3) is 0.556. The molecule has 0 radical (unpaired) electrons. The van der Waals surface area contributed by atoms with E-state index in [4.69, 9.17) is 4.74 Å². The van der Waals surface area contributed by atoms with E-state index in [9.17, 15) is 9.59 Å². The molecule has 0 bridgehead atoms. The molecule has 0 aliphatic carbocycles. The van der Waals surface area contributed by atoms with Crippen molar-refractivity contribution in [1.82, 2.24) is 15.5 Å². The lowest BCUT2D eigenvalue weighted by atomic mass is 10.1. The Bertz CT molecular complexity index is 562. The summed E-state index contributed by atoms with van der Waals surface area (Å²) in [6.45, 7) is 7.10. The molecule has 6 heteroatoms. The van der Waals surface area contributed by atoms with Crippen LogP contribution in [0.3, 0.4) is 0 Å². The zero-order chi connectivity index (χ0) is 17.4. The van der Waals surface area contributed by atoms with Gasteiger partial charge in [0.15, 0.2) is 0 Å². The van der Waals surface area contributed by atoms with Gasteiger partial charge in [-0.05, 0) is 19.4 Å². The Labute approximate surface area is 143 Å². The minimum atomic E-state index is -0.440. The van der Waals surface area contributed by atoms with E-state index < -0.39 is 6.04 Å². The topological polar surface area (TPSA) is 70.7 Å². The molecule has 2 rings (SSSR count). The van der Waals surface area contributed by atoms with Crippen LogP contribution in [-0.2, 0) is 16.1 Å². The summed E-state index contributed by atoms with van der Waals surface area (Å²) in [4.78, 5) is 26.3. The van der Waals surface area contributed by atoms with E-state index >= 15 is 0 Å². The van der Waals surface area contributed by atoms with Crippen LogP contribution in [0.1, 0.15) is 32.3 Å². The lowest BCUT2D eigenvalue weighted by Crippen LogP contribution is -2.56. The molecule has 1 saturated heterocycles. The highest BCUT2D eigenvalue weighted by molar-refractivity contribution is 5.88. The highest BCUT2D eigenvalue weighted by Crippen LogP contribution is 2.22. The summed E-state index contributed by atoms with van der Waals surface area (Å²) in [6.07, 6.45) is 1.07. The van der Waals surface area contributed by atoms with Crippen LogP contribution in [0.4, 0.5) is 0 Å². The molecule has 1 unspecified atom stereocenters. The van der Waals surface area contributed by atoms with Crippen molar-refractivity contribution in [3.05, 3.63) is 29.8 Å². The zero-order valence-electron chi connectivity index (χ0n) is 14.5. The molecular weight excluding hydrogens is 306 g/mol. The third kappa shape index (κ3) is 4.96. The van der Waals surface area contributed by atoms with E-state index in [1.54, 1.807) is 0 Å². The molecule has 1 heterocycles. The summed E-state index contributed by atoms with van der Waals surface area (Å²) in [7, 11) is 0. The van der Waals surface area contributed by atoms with Crippen molar-refractivity contribution in [2.45, 2.75) is 39.3 Å². The summed E-state index contributed by atoms with van der Waals surface area (Å²) in [5.41, 5.74) is 1.04. The number of carbonyl (C=O) groups is 2. The van der Waals surface area contributed by atoms with Crippen molar-refractivity contribution >= 4 is 11.8 Å². The fourth-order valence-electron chi connectivity index (χ4n) is 2.83. The van der Waals surface area contributed by atoms with E-state index in [0.717, 1.165) is 24.3 Å². The molecule has 1 aliphatic heterocycles. The monoisotopic (exact) mass is 333 g/mol. The molecule has 0 saturated carbocycles. The number of nitrogens with zero attached hydrogens (tertiary/aromatic N) is 1. The van der Waals surface area contributed by atoms with Crippen molar-refractivity contribution in [3.63, 3.8) is 0 Å².